The molecule has 21 heavy (non-hydrogen) atoms. The summed E-state index contributed by atoms with van der Waals surface area (Å²) in [6, 6.07) is 11.7. The fourth-order valence-corrected chi connectivity index (χ4v) is 2.42. The van der Waals surface area contributed by atoms with E-state index in [1.165, 1.54) is 0 Å². The van der Waals surface area contributed by atoms with Gasteiger partial charge < -0.3 is 14.8 Å². The minimum absolute atomic E-state index is 0.131. The number of carbonyl (C=O) groups is 1. The Hall–Kier alpha value is -2.17. The molecule has 0 amide bonds. The lowest BCUT2D eigenvalue weighted by molar-refractivity contribution is 0.0691. The van der Waals surface area contributed by atoms with E-state index in [1.807, 2.05) is 0 Å². The topological polar surface area (TPSA) is 62.3 Å². The summed E-state index contributed by atoms with van der Waals surface area (Å²) >= 11 is 11.9. The number of ether oxygens (including phenoxy) is 1. The van der Waals surface area contributed by atoms with Crippen LogP contribution in [-0.2, 0) is 0 Å². The molecule has 106 valence electrons. The van der Waals surface area contributed by atoms with Gasteiger partial charge in [0.05, 0.1) is 5.02 Å². The van der Waals surface area contributed by atoms with Crippen LogP contribution in [0, 0.1) is 0 Å². The van der Waals surface area contributed by atoms with Crippen molar-refractivity contribution >= 4 is 40.1 Å². The maximum Gasteiger partial charge on any atom is 0.352 e. The second kappa shape index (κ2) is 5.31. The smallest absolute Gasteiger partial charge is 0.352 e. The van der Waals surface area contributed by atoms with E-state index in [-0.39, 0.29) is 5.69 Å². The van der Waals surface area contributed by atoms with Crippen molar-refractivity contribution in [2.24, 2.45) is 0 Å². The van der Waals surface area contributed by atoms with Crippen LogP contribution in [0.3, 0.4) is 0 Å². The lowest BCUT2D eigenvalue weighted by Crippen LogP contribution is -1.94. The first kappa shape index (κ1) is 13.8. The standard InChI is InChI=1S/C15H9Cl2NO3/c16-9-1-4-14(11(17)7-9)21-10-2-3-12-8(5-10)6-13(18-12)15(19)20/h1-7,18H,(H,19,20). The van der Waals surface area contributed by atoms with E-state index in [0.717, 1.165) is 10.9 Å². The summed E-state index contributed by atoms with van der Waals surface area (Å²) in [7, 11) is 0. The monoisotopic (exact) mass is 321 g/mol. The summed E-state index contributed by atoms with van der Waals surface area (Å²) in [5.74, 6) is 0.0338. The normalized spacial score (nSPS) is 10.8. The molecule has 3 rings (SSSR count). The van der Waals surface area contributed by atoms with Crippen molar-refractivity contribution < 1.29 is 14.6 Å². The fourth-order valence-electron chi connectivity index (χ4n) is 1.97. The van der Waals surface area contributed by atoms with Gasteiger partial charge in [0.15, 0.2) is 0 Å². The lowest BCUT2D eigenvalue weighted by Gasteiger charge is -2.07. The van der Waals surface area contributed by atoms with E-state index in [2.05, 4.69) is 4.98 Å². The first-order valence-electron chi connectivity index (χ1n) is 6.02. The molecular formula is C15H9Cl2NO3. The second-order valence-electron chi connectivity index (χ2n) is 4.41. The lowest BCUT2D eigenvalue weighted by atomic mass is 10.2. The van der Waals surface area contributed by atoms with Gasteiger partial charge in [-0.15, -0.1) is 0 Å². The Kier molecular flexibility index (Phi) is 3.49. The third kappa shape index (κ3) is 2.82. The van der Waals surface area contributed by atoms with Gasteiger partial charge in [0.25, 0.3) is 0 Å². The maximum atomic E-state index is 10.9. The average molecular weight is 322 g/mol. The molecule has 0 spiro atoms. The third-order valence-corrected chi connectivity index (χ3v) is 3.47. The fraction of sp³-hybridized carbons (Fsp3) is 0. The van der Waals surface area contributed by atoms with Gasteiger partial charge >= 0.3 is 5.97 Å². The summed E-state index contributed by atoms with van der Waals surface area (Å²) < 4.78 is 5.69. The Morgan fingerprint density at radius 1 is 1.10 bits per heavy atom. The van der Waals surface area contributed by atoms with E-state index in [0.29, 0.717) is 21.5 Å². The van der Waals surface area contributed by atoms with Crippen molar-refractivity contribution in [1.29, 1.82) is 0 Å². The number of hydrogen-bond acceptors (Lipinski definition) is 2. The van der Waals surface area contributed by atoms with Crippen molar-refractivity contribution in [3.05, 3.63) is 58.2 Å². The number of fused-ring (bicyclic) bond motifs is 1. The molecule has 0 unspecified atom stereocenters. The summed E-state index contributed by atoms with van der Waals surface area (Å²) in [6.45, 7) is 0. The number of hydrogen-bond donors (Lipinski definition) is 2. The quantitative estimate of drug-likeness (QED) is 0.716. The summed E-state index contributed by atoms with van der Waals surface area (Å²) in [5, 5.41) is 10.6. The first-order chi connectivity index (χ1) is 10.0. The number of rotatable bonds is 3. The van der Waals surface area contributed by atoms with Gasteiger partial charge in [-0.05, 0) is 42.5 Å². The molecule has 0 bridgehead atoms. The summed E-state index contributed by atoms with van der Waals surface area (Å²) in [5.41, 5.74) is 0.855. The predicted octanol–water partition coefficient (Wildman–Crippen LogP) is 4.97. The van der Waals surface area contributed by atoms with Crippen LogP contribution in [0.5, 0.6) is 11.5 Å². The van der Waals surface area contributed by atoms with Crippen LogP contribution in [-0.4, -0.2) is 16.1 Å². The molecule has 1 heterocycles. The molecular weight excluding hydrogens is 313 g/mol. The minimum atomic E-state index is -1.01. The van der Waals surface area contributed by atoms with Gasteiger partial charge in [-0.25, -0.2) is 4.79 Å². The number of carboxylic acids is 1. The second-order valence-corrected chi connectivity index (χ2v) is 5.26. The van der Waals surface area contributed by atoms with E-state index in [4.69, 9.17) is 33.0 Å². The molecule has 2 aromatic carbocycles. The van der Waals surface area contributed by atoms with E-state index < -0.39 is 5.97 Å². The van der Waals surface area contributed by atoms with Crippen molar-refractivity contribution in [1.82, 2.24) is 4.98 Å². The summed E-state index contributed by atoms with van der Waals surface area (Å²) in [4.78, 5) is 13.7. The maximum absolute atomic E-state index is 10.9. The molecule has 6 heteroatoms. The molecule has 4 nitrogen and oxygen atoms in total. The van der Waals surface area contributed by atoms with Crippen LogP contribution in [0.15, 0.2) is 42.5 Å². The molecule has 0 aliphatic rings. The van der Waals surface area contributed by atoms with Gasteiger partial charge in [-0.1, -0.05) is 23.2 Å². The van der Waals surface area contributed by atoms with Crippen LogP contribution >= 0.6 is 23.2 Å². The molecule has 0 saturated carbocycles. The molecule has 0 aliphatic heterocycles. The van der Waals surface area contributed by atoms with E-state index >= 15 is 0 Å². The van der Waals surface area contributed by atoms with Crippen molar-refractivity contribution in [3.8, 4) is 11.5 Å². The third-order valence-electron chi connectivity index (χ3n) is 2.94. The number of aromatic nitrogens is 1. The molecule has 0 fully saturated rings. The number of aromatic carboxylic acids is 1. The van der Waals surface area contributed by atoms with Gasteiger partial charge in [-0.2, -0.15) is 0 Å². The van der Waals surface area contributed by atoms with E-state index in [9.17, 15) is 4.79 Å². The van der Waals surface area contributed by atoms with Crippen molar-refractivity contribution in [3.63, 3.8) is 0 Å². The summed E-state index contributed by atoms with van der Waals surface area (Å²) in [6.07, 6.45) is 0. The van der Waals surface area contributed by atoms with E-state index in [1.54, 1.807) is 42.5 Å². The number of halogens is 2. The average Bonchev–Trinajstić information content (AvgIpc) is 2.85. The Morgan fingerprint density at radius 2 is 1.90 bits per heavy atom. The van der Waals surface area contributed by atoms with Crippen LogP contribution in [0.1, 0.15) is 10.5 Å². The zero-order chi connectivity index (χ0) is 15.0. The highest BCUT2D eigenvalue weighted by Gasteiger charge is 2.09. The Bertz CT molecular complexity index is 842. The zero-order valence-electron chi connectivity index (χ0n) is 10.6. The molecule has 0 saturated heterocycles. The van der Waals surface area contributed by atoms with Crippen LogP contribution in [0.4, 0.5) is 0 Å². The van der Waals surface area contributed by atoms with Crippen molar-refractivity contribution in [2.75, 3.05) is 0 Å². The van der Waals surface area contributed by atoms with Gasteiger partial charge in [0.1, 0.15) is 17.2 Å². The van der Waals surface area contributed by atoms with Gasteiger partial charge in [0.2, 0.25) is 0 Å². The largest absolute Gasteiger partial charge is 0.477 e. The Balaban J connectivity index is 1.95. The van der Waals surface area contributed by atoms with Crippen LogP contribution in [0.2, 0.25) is 10.0 Å². The highest BCUT2D eigenvalue weighted by Crippen LogP contribution is 2.32. The first-order valence-corrected chi connectivity index (χ1v) is 6.77. The Morgan fingerprint density at radius 3 is 2.62 bits per heavy atom. The molecule has 0 aliphatic carbocycles. The Labute approximate surface area is 129 Å². The number of nitrogens with one attached hydrogen (secondary N) is 1. The SMILES string of the molecule is O=C(O)c1cc2cc(Oc3ccc(Cl)cc3Cl)ccc2[nH]1. The van der Waals surface area contributed by atoms with Gasteiger partial charge in [-0.3, -0.25) is 0 Å². The number of H-pyrrole nitrogens is 1. The highest BCUT2D eigenvalue weighted by atomic mass is 35.5. The molecule has 1 aromatic heterocycles. The van der Waals surface area contributed by atoms with Crippen LogP contribution < -0.4 is 4.74 Å². The number of carboxylic acid groups (broad SMARTS) is 1. The molecule has 2 N–H and O–H groups in total. The minimum Gasteiger partial charge on any atom is -0.477 e. The molecule has 3 aromatic rings. The predicted molar refractivity (Wildman–Crippen MR) is 81.8 cm³/mol. The van der Waals surface area contributed by atoms with Crippen LogP contribution in [0.25, 0.3) is 10.9 Å². The number of benzene rings is 2. The zero-order valence-corrected chi connectivity index (χ0v) is 12.1. The molecule has 0 atom stereocenters. The molecule has 0 radical (unpaired) electrons. The van der Waals surface area contributed by atoms with Gasteiger partial charge in [0, 0.05) is 15.9 Å². The number of aromatic amines is 1. The highest BCUT2D eigenvalue weighted by molar-refractivity contribution is 6.35. The van der Waals surface area contributed by atoms with Crippen molar-refractivity contribution in [2.45, 2.75) is 0 Å².